The molecule has 0 bridgehead atoms. The number of unbranched alkanes of at least 4 members (excludes halogenated alkanes) is 1. The first-order valence-corrected chi connectivity index (χ1v) is 10.1. The minimum atomic E-state index is -0.164. The molecule has 2 aromatic carbocycles. The van der Waals surface area contributed by atoms with E-state index in [1.54, 1.807) is 24.3 Å². The zero-order valence-corrected chi connectivity index (χ0v) is 16.3. The lowest BCUT2D eigenvalue weighted by Gasteiger charge is -2.11. The Balaban J connectivity index is 1.86. The number of para-hydroxylation sites is 1. The molecule has 2 N–H and O–H groups in total. The van der Waals surface area contributed by atoms with E-state index >= 15 is 0 Å². The SMILES string of the molecule is CCCCNC(=O)c1ccccc1NC(=O)CSCc1ccc(Cl)cc1. The highest BCUT2D eigenvalue weighted by atomic mass is 35.5. The van der Waals surface area contributed by atoms with Crippen molar-refractivity contribution in [2.24, 2.45) is 0 Å². The number of carbonyl (C=O) groups is 2. The van der Waals surface area contributed by atoms with Gasteiger partial charge < -0.3 is 10.6 Å². The van der Waals surface area contributed by atoms with Gasteiger partial charge >= 0.3 is 0 Å². The first-order valence-electron chi connectivity index (χ1n) is 8.59. The predicted octanol–water partition coefficient (Wildman–Crippen LogP) is 4.74. The van der Waals surface area contributed by atoms with E-state index in [4.69, 9.17) is 11.6 Å². The average Bonchev–Trinajstić information content (AvgIpc) is 2.64. The molecule has 0 aliphatic rings. The molecule has 138 valence electrons. The van der Waals surface area contributed by atoms with Gasteiger partial charge in [0.2, 0.25) is 5.91 Å². The van der Waals surface area contributed by atoms with Crippen LogP contribution in [-0.4, -0.2) is 24.1 Å². The van der Waals surface area contributed by atoms with Crippen LogP contribution in [0.4, 0.5) is 5.69 Å². The lowest BCUT2D eigenvalue weighted by atomic mass is 10.1. The number of hydrogen-bond donors (Lipinski definition) is 2. The number of nitrogens with one attached hydrogen (secondary N) is 2. The van der Waals surface area contributed by atoms with Gasteiger partial charge in [0.25, 0.3) is 5.91 Å². The van der Waals surface area contributed by atoms with Crippen molar-refractivity contribution in [3.8, 4) is 0 Å². The highest BCUT2D eigenvalue weighted by molar-refractivity contribution is 7.99. The van der Waals surface area contributed by atoms with Gasteiger partial charge in [0.1, 0.15) is 0 Å². The molecule has 0 aromatic heterocycles. The van der Waals surface area contributed by atoms with Crippen LogP contribution in [0.25, 0.3) is 0 Å². The van der Waals surface area contributed by atoms with E-state index in [0.717, 1.165) is 24.2 Å². The Morgan fingerprint density at radius 2 is 1.81 bits per heavy atom. The summed E-state index contributed by atoms with van der Waals surface area (Å²) < 4.78 is 0. The van der Waals surface area contributed by atoms with Crippen LogP contribution in [0.15, 0.2) is 48.5 Å². The number of benzene rings is 2. The Morgan fingerprint density at radius 1 is 1.08 bits per heavy atom. The third-order valence-corrected chi connectivity index (χ3v) is 4.93. The Kier molecular flexibility index (Phi) is 8.51. The van der Waals surface area contributed by atoms with Gasteiger partial charge in [0, 0.05) is 17.3 Å². The summed E-state index contributed by atoms with van der Waals surface area (Å²) in [6.07, 6.45) is 1.95. The molecular weight excluding hydrogens is 368 g/mol. The number of anilines is 1. The molecule has 2 amide bonds. The fourth-order valence-electron chi connectivity index (χ4n) is 2.29. The minimum absolute atomic E-state index is 0.127. The Labute approximate surface area is 163 Å². The summed E-state index contributed by atoms with van der Waals surface area (Å²) in [5, 5.41) is 6.41. The lowest BCUT2D eigenvalue weighted by molar-refractivity contribution is -0.113. The highest BCUT2D eigenvalue weighted by Crippen LogP contribution is 2.18. The average molecular weight is 391 g/mol. The Morgan fingerprint density at radius 3 is 2.54 bits per heavy atom. The molecule has 0 fully saturated rings. The van der Waals surface area contributed by atoms with Gasteiger partial charge in [0.15, 0.2) is 0 Å². The number of amides is 2. The first kappa shape index (κ1) is 20.3. The molecule has 6 heteroatoms. The molecule has 0 spiro atoms. The summed E-state index contributed by atoms with van der Waals surface area (Å²) in [5.74, 6) is 0.749. The molecule has 0 aliphatic carbocycles. The number of thioether (sulfide) groups is 1. The second-order valence-corrected chi connectivity index (χ2v) is 7.24. The summed E-state index contributed by atoms with van der Waals surface area (Å²) in [7, 11) is 0. The van der Waals surface area contributed by atoms with Crippen molar-refractivity contribution < 1.29 is 9.59 Å². The van der Waals surface area contributed by atoms with Gasteiger partial charge in [-0.05, 0) is 36.2 Å². The number of hydrogen-bond acceptors (Lipinski definition) is 3. The van der Waals surface area contributed by atoms with Crippen LogP contribution < -0.4 is 10.6 Å². The van der Waals surface area contributed by atoms with Crippen LogP contribution in [0.3, 0.4) is 0 Å². The van der Waals surface area contributed by atoms with Crippen molar-refractivity contribution in [1.29, 1.82) is 0 Å². The maximum absolute atomic E-state index is 12.3. The molecule has 0 radical (unpaired) electrons. The largest absolute Gasteiger partial charge is 0.352 e. The van der Waals surface area contributed by atoms with Crippen LogP contribution in [-0.2, 0) is 10.5 Å². The van der Waals surface area contributed by atoms with E-state index in [0.29, 0.717) is 28.6 Å². The number of carbonyl (C=O) groups excluding carboxylic acids is 2. The first-order chi connectivity index (χ1) is 12.6. The molecule has 2 rings (SSSR count). The topological polar surface area (TPSA) is 58.2 Å². The van der Waals surface area contributed by atoms with E-state index < -0.39 is 0 Å². The summed E-state index contributed by atoms with van der Waals surface area (Å²) in [6, 6.07) is 14.6. The molecule has 0 heterocycles. The third-order valence-electron chi connectivity index (χ3n) is 3.68. The van der Waals surface area contributed by atoms with Crippen molar-refractivity contribution in [3.05, 3.63) is 64.7 Å². The zero-order valence-electron chi connectivity index (χ0n) is 14.8. The second kappa shape index (κ2) is 10.9. The van der Waals surface area contributed by atoms with E-state index in [1.807, 2.05) is 24.3 Å². The molecule has 0 saturated carbocycles. The maximum Gasteiger partial charge on any atom is 0.253 e. The standard InChI is InChI=1S/C20H23ClN2O2S/c1-2-3-12-22-20(25)17-6-4-5-7-18(17)23-19(24)14-26-13-15-8-10-16(21)11-9-15/h4-11H,2-3,12-14H2,1H3,(H,22,25)(H,23,24). The normalized spacial score (nSPS) is 10.4. The van der Waals surface area contributed by atoms with E-state index in [-0.39, 0.29) is 11.8 Å². The van der Waals surface area contributed by atoms with Crippen molar-refractivity contribution >= 4 is 40.9 Å². The van der Waals surface area contributed by atoms with Gasteiger partial charge in [0.05, 0.1) is 17.0 Å². The smallest absolute Gasteiger partial charge is 0.253 e. The van der Waals surface area contributed by atoms with Crippen molar-refractivity contribution in [2.75, 3.05) is 17.6 Å². The monoisotopic (exact) mass is 390 g/mol. The van der Waals surface area contributed by atoms with E-state index in [1.165, 1.54) is 11.8 Å². The minimum Gasteiger partial charge on any atom is -0.352 e. The maximum atomic E-state index is 12.3. The fraction of sp³-hybridized carbons (Fsp3) is 0.300. The highest BCUT2D eigenvalue weighted by Gasteiger charge is 2.12. The lowest BCUT2D eigenvalue weighted by Crippen LogP contribution is -2.26. The third kappa shape index (κ3) is 6.73. The van der Waals surface area contributed by atoms with Gasteiger partial charge in [-0.25, -0.2) is 0 Å². The van der Waals surface area contributed by atoms with Gasteiger partial charge in [-0.1, -0.05) is 49.2 Å². The Bertz CT molecular complexity index is 735. The number of rotatable bonds is 9. The van der Waals surface area contributed by atoms with E-state index in [2.05, 4.69) is 17.6 Å². The molecule has 0 saturated heterocycles. The van der Waals surface area contributed by atoms with Crippen LogP contribution in [0.1, 0.15) is 35.7 Å². The summed E-state index contributed by atoms with van der Waals surface area (Å²) in [6.45, 7) is 2.70. The molecule has 2 aromatic rings. The van der Waals surface area contributed by atoms with Gasteiger partial charge in [-0.15, -0.1) is 11.8 Å². The summed E-state index contributed by atoms with van der Waals surface area (Å²) in [4.78, 5) is 24.5. The quantitative estimate of drug-likeness (QED) is 0.608. The number of halogens is 1. The Hall–Kier alpha value is -1.98. The molecular formula is C20H23ClN2O2S. The summed E-state index contributed by atoms with van der Waals surface area (Å²) >= 11 is 7.38. The van der Waals surface area contributed by atoms with Crippen LogP contribution >= 0.6 is 23.4 Å². The van der Waals surface area contributed by atoms with Crippen molar-refractivity contribution in [1.82, 2.24) is 5.32 Å². The molecule has 0 aliphatic heterocycles. The van der Waals surface area contributed by atoms with Crippen LogP contribution in [0, 0.1) is 0 Å². The van der Waals surface area contributed by atoms with Crippen LogP contribution in [0.5, 0.6) is 0 Å². The summed E-state index contributed by atoms with van der Waals surface area (Å²) in [5.41, 5.74) is 2.14. The molecule has 26 heavy (non-hydrogen) atoms. The second-order valence-electron chi connectivity index (χ2n) is 5.82. The predicted molar refractivity (Wildman–Crippen MR) is 110 cm³/mol. The van der Waals surface area contributed by atoms with Crippen LogP contribution in [0.2, 0.25) is 5.02 Å². The van der Waals surface area contributed by atoms with Gasteiger partial charge in [-0.2, -0.15) is 0 Å². The van der Waals surface area contributed by atoms with E-state index in [9.17, 15) is 9.59 Å². The van der Waals surface area contributed by atoms with Gasteiger partial charge in [-0.3, -0.25) is 9.59 Å². The zero-order chi connectivity index (χ0) is 18.8. The molecule has 0 unspecified atom stereocenters. The fourth-order valence-corrected chi connectivity index (χ4v) is 3.21. The molecule has 4 nitrogen and oxygen atoms in total. The van der Waals surface area contributed by atoms with Crippen molar-refractivity contribution in [2.45, 2.75) is 25.5 Å². The van der Waals surface area contributed by atoms with Crippen molar-refractivity contribution in [3.63, 3.8) is 0 Å². The molecule has 0 atom stereocenters.